The van der Waals surface area contributed by atoms with Gasteiger partial charge >= 0.3 is 0 Å². The molecule has 1 saturated heterocycles. The maximum atomic E-state index is 13.7. The third kappa shape index (κ3) is 5.90. The van der Waals surface area contributed by atoms with E-state index in [-0.39, 0.29) is 41.5 Å². The highest BCUT2D eigenvalue weighted by atomic mass is 32.2. The third-order valence-electron chi connectivity index (χ3n) is 6.51. The zero-order valence-corrected chi connectivity index (χ0v) is 22.3. The SMILES string of the molecule is Cc1ccc(S(=O)(=O)N2CCCN(S(=O)(=O)c3ccc(C)cc3)[C@@H](Cc3ccc([N+](=O)[O-])cc3)C2)cc1. The minimum Gasteiger partial charge on any atom is -0.258 e. The van der Waals surface area contributed by atoms with E-state index in [0.29, 0.717) is 12.0 Å². The van der Waals surface area contributed by atoms with E-state index >= 15 is 0 Å². The average Bonchev–Trinajstić information content (AvgIpc) is 3.08. The van der Waals surface area contributed by atoms with Crippen molar-refractivity contribution in [1.29, 1.82) is 0 Å². The van der Waals surface area contributed by atoms with Crippen molar-refractivity contribution in [2.45, 2.75) is 42.5 Å². The molecule has 9 nitrogen and oxygen atoms in total. The number of hydrogen-bond donors (Lipinski definition) is 0. The minimum absolute atomic E-state index is 0.0434. The quantitative estimate of drug-likeness (QED) is 0.329. The van der Waals surface area contributed by atoms with Gasteiger partial charge in [0.1, 0.15) is 0 Å². The summed E-state index contributed by atoms with van der Waals surface area (Å²) in [5.41, 5.74) is 2.46. The first-order valence-corrected chi connectivity index (χ1v) is 14.7. The first-order chi connectivity index (χ1) is 17.5. The number of benzene rings is 3. The molecule has 196 valence electrons. The Morgan fingerprint density at radius 1 is 0.784 bits per heavy atom. The Balaban J connectivity index is 1.71. The molecule has 37 heavy (non-hydrogen) atoms. The predicted molar refractivity (Wildman–Crippen MR) is 140 cm³/mol. The molecule has 0 aliphatic carbocycles. The minimum atomic E-state index is -3.93. The highest BCUT2D eigenvalue weighted by Gasteiger charge is 2.38. The van der Waals surface area contributed by atoms with Gasteiger partial charge in [0, 0.05) is 37.8 Å². The van der Waals surface area contributed by atoms with Crippen molar-refractivity contribution in [3.05, 3.63) is 99.6 Å². The molecule has 1 atom stereocenters. The van der Waals surface area contributed by atoms with Gasteiger partial charge in [-0.3, -0.25) is 10.1 Å². The molecule has 0 spiro atoms. The molecule has 1 heterocycles. The molecular formula is C26H29N3O6S2. The molecule has 1 aliphatic heterocycles. The molecule has 0 amide bonds. The van der Waals surface area contributed by atoms with Gasteiger partial charge in [0.15, 0.2) is 0 Å². The Labute approximate surface area is 217 Å². The lowest BCUT2D eigenvalue weighted by atomic mass is 10.1. The maximum absolute atomic E-state index is 13.7. The van der Waals surface area contributed by atoms with Crippen molar-refractivity contribution in [3.63, 3.8) is 0 Å². The van der Waals surface area contributed by atoms with E-state index in [1.165, 1.54) is 20.7 Å². The normalized spacial score (nSPS) is 17.8. The highest BCUT2D eigenvalue weighted by molar-refractivity contribution is 7.89. The van der Waals surface area contributed by atoms with Crippen molar-refractivity contribution < 1.29 is 21.8 Å². The number of rotatable bonds is 7. The van der Waals surface area contributed by atoms with E-state index in [9.17, 15) is 26.9 Å². The van der Waals surface area contributed by atoms with Gasteiger partial charge in [-0.1, -0.05) is 47.5 Å². The number of nitro benzene ring substituents is 1. The zero-order valence-electron chi connectivity index (χ0n) is 20.6. The van der Waals surface area contributed by atoms with E-state index < -0.39 is 31.0 Å². The van der Waals surface area contributed by atoms with Gasteiger partial charge in [-0.15, -0.1) is 0 Å². The molecule has 0 bridgehead atoms. The molecule has 0 saturated carbocycles. The summed E-state index contributed by atoms with van der Waals surface area (Å²) in [6.07, 6.45) is 0.524. The predicted octanol–water partition coefficient (Wildman–Crippen LogP) is 3.91. The van der Waals surface area contributed by atoms with Crippen LogP contribution in [0.25, 0.3) is 0 Å². The smallest absolute Gasteiger partial charge is 0.258 e. The van der Waals surface area contributed by atoms with Crippen molar-refractivity contribution in [2.75, 3.05) is 19.6 Å². The Morgan fingerprint density at radius 2 is 1.30 bits per heavy atom. The summed E-state index contributed by atoms with van der Waals surface area (Å²) in [6, 6.07) is 18.3. The Bertz CT molecular complexity index is 1470. The van der Waals surface area contributed by atoms with Crippen LogP contribution in [0.3, 0.4) is 0 Å². The fourth-order valence-electron chi connectivity index (χ4n) is 4.43. The van der Waals surface area contributed by atoms with Gasteiger partial charge in [0.2, 0.25) is 20.0 Å². The van der Waals surface area contributed by atoms with E-state index in [1.54, 1.807) is 60.7 Å². The summed E-state index contributed by atoms with van der Waals surface area (Å²) in [5, 5.41) is 11.1. The van der Waals surface area contributed by atoms with Crippen LogP contribution in [0, 0.1) is 24.0 Å². The van der Waals surface area contributed by atoms with E-state index in [2.05, 4.69) is 0 Å². The second-order valence-electron chi connectivity index (χ2n) is 9.24. The number of aryl methyl sites for hydroxylation is 2. The third-order valence-corrected chi connectivity index (χ3v) is 10.4. The lowest BCUT2D eigenvalue weighted by molar-refractivity contribution is -0.384. The van der Waals surface area contributed by atoms with Crippen LogP contribution >= 0.6 is 0 Å². The van der Waals surface area contributed by atoms with Gasteiger partial charge in [0.05, 0.1) is 14.7 Å². The molecule has 4 rings (SSSR count). The van der Waals surface area contributed by atoms with Crippen LogP contribution in [0.1, 0.15) is 23.1 Å². The number of nitro groups is 1. The molecule has 0 radical (unpaired) electrons. The second-order valence-corrected chi connectivity index (χ2v) is 13.1. The largest absolute Gasteiger partial charge is 0.269 e. The summed E-state index contributed by atoms with van der Waals surface area (Å²) in [6.45, 7) is 4.02. The topological polar surface area (TPSA) is 118 Å². The maximum Gasteiger partial charge on any atom is 0.269 e. The van der Waals surface area contributed by atoms with Crippen molar-refractivity contribution >= 4 is 25.7 Å². The van der Waals surface area contributed by atoms with Crippen LogP contribution in [0.2, 0.25) is 0 Å². The number of sulfonamides is 2. The van der Waals surface area contributed by atoms with Crippen LogP contribution in [0.15, 0.2) is 82.6 Å². The van der Waals surface area contributed by atoms with Crippen molar-refractivity contribution in [1.82, 2.24) is 8.61 Å². The fourth-order valence-corrected chi connectivity index (χ4v) is 7.60. The fraction of sp³-hybridized carbons (Fsp3) is 0.308. The molecular weight excluding hydrogens is 514 g/mol. The van der Waals surface area contributed by atoms with Gasteiger partial charge in [-0.25, -0.2) is 16.8 Å². The van der Waals surface area contributed by atoms with E-state index in [1.807, 2.05) is 13.8 Å². The second kappa shape index (κ2) is 10.7. The summed E-state index contributed by atoms with van der Waals surface area (Å²) >= 11 is 0. The lowest BCUT2D eigenvalue weighted by Crippen LogP contribution is -2.46. The van der Waals surface area contributed by atoms with Gasteiger partial charge < -0.3 is 0 Å². The Kier molecular flexibility index (Phi) is 7.79. The molecule has 1 fully saturated rings. The van der Waals surface area contributed by atoms with Crippen molar-refractivity contribution in [2.24, 2.45) is 0 Å². The van der Waals surface area contributed by atoms with Gasteiger partial charge in [-0.05, 0) is 56.5 Å². The molecule has 0 unspecified atom stereocenters. The van der Waals surface area contributed by atoms with Crippen LogP contribution in [-0.2, 0) is 26.5 Å². The highest BCUT2D eigenvalue weighted by Crippen LogP contribution is 2.27. The Hall–Kier alpha value is -3.12. The summed E-state index contributed by atoms with van der Waals surface area (Å²) in [5.74, 6) is 0. The molecule has 3 aromatic rings. The monoisotopic (exact) mass is 543 g/mol. The van der Waals surface area contributed by atoms with Crippen molar-refractivity contribution in [3.8, 4) is 0 Å². The number of hydrogen-bond acceptors (Lipinski definition) is 6. The summed E-state index contributed by atoms with van der Waals surface area (Å²) in [7, 11) is -7.79. The lowest BCUT2D eigenvalue weighted by Gasteiger charge is -2.31. The molecule has 3 aromatic carbocycles. The molecule has 11 heteroatoms. The molecule has 1 aliphatic rings. The molecule has 0 aromatic heterocycles. The first-order valence-electron chi connectivity index (χ1n) is 11.9. The number of non-ortho nitro benzene ring substituents is 1. The van der Waals surface area contributed by atoms with E-state index in [4.69, 9.17) is 0 Å². The Morgan fingerprint density at radius 3 is 1.81 bits per heavy atom. The first kappa shape index (κ1) is 26.9. The number of nitrogens with zero attached hydrogens (tertiary/aromatic N) is 3. The van der Waals surface area contributed by atoms with E-state index in [0.717, 1.165) is 11.1 Å². The molecule has 0 N–H and O–H groups in total. The van der Waals surface area contributed by atoms with Crippen LogP contribution in [0.5, 0.6) is 0 Å². The zero-order chi connectivity index (χ0) is 26.8. The van der Waals surface area contributed by atoms with Crippen LogP contribution < -0.4 is 0 Å². The average molecular weight is 544 g/mol. The summed E-state index contributed by atoms with van der Waals surface area (Å²) in [4.78, 5) is 10.9. The van der Waals surface area contributed by atoms with Crippen LogP contribution in [0.4, 0.5) is 5.69 Å². The standard InChI is InChI=1S/C26H29N3O6S2/c1-20-4-12-25(13-5-20)36(32,33)27-16-3-17-28(37(34,35)26-14-6-21(2)7-15-26)24(19-27)18-22-8-10-23(11-9-22)29(30)31/h4-15,24H,3,16-19H2,1-2H3/t24-/m0/s1. The van der Waals surface area contributed by atoms with Gasteiger partial charge in [-0.2, -0.15) is 8.61 Å². The van der Waals surface area contributed by atoms with Crippen LogP contribution in [-0.4, -0.2) is 56.0 Å². The summed E-state index contributed by atoms with van der Waals surface area (Å²) < 4.78 is 57.2. The van der Waals surface area contributed by atoms with Gasteiger partial charge in [0.25, 0.3) is 5.69 Å².